The maximum Gasteiger partial charge on any atom is 0.143 e. The molecule has 3 aliphatic carbocycles. The predicted molar refractivity (Wildman–Crippen MR) is 234 cm³/mol. The predicted octanol–water partition coefficient (Wildman–Crippen LogP) is 14.8. The Morgan fingerprint density at radius 1 is 0.589 bits per heavy atom. The van der Waals surface area contributed by atoms with Gasteiger partial charge in [-0.2, -0.15) is 0 Å². The van der Waals surface area contributed by atoms with Crippen LogP contribution in [0.1, 0.15) is 68.2 Å². The van der Waals surface area contributed by atoms with Gasteiger partial charge in [0.2, 0.25) is 0 Å². The fourth-order valence-corrected chi connectivity index (χ4v) is 11.7. The number of fused-ring (bicyclic) bond motifs is 6. The number of para-hydroxylation sites is 2. The molecular weight excluding hydrogens is 679 g/mol. The van der Waals surface area contributed by atoms with Crippen LogP contribution in [0.4, 0.5) is 17.1 Å². The molecule has 1 spiro atoms. The number of hydrogen-bond donors (Lipinski definition) is 0. The largest absolute Gasteiger partial charge is 0.455 e. The van der Waals surface area contributed by atoms with Gasteiger partial charge in [0.25, 0.3) is 0 Å². The zero-order chi connectivity index (χ0) is 37.6. The van der Waals surface area contributed by atoms with E-state index in [0.717, 1.165) is 44.4 Å². The zero-order valence-corrected chi connectivity index (χ0v) is 32.3. The van der Waals surface area contributed by atoms with Crippen molar-refractivity contribution >= 4 is 49.8 Å². The first-order chi connectivity index (χ1) is 27.4. The minimum atomic E-state index is -0.113. The van der Waals surface area contributed by atoms with E-state index in [1.165, 1.54) is 59.7 Å². The maximum atomic E-state index is 6.56. The van der Waals surface area contributed by atoms with Crippen molar-refractivity contribution in [3.05, 3.63) is 187 Å². The molecule has 0 N–H and O–H groups in total. The number of benzene rings is 7. The van der Waals surface area contributed by atoms with E-state index in [4.69, 9.17) is 4.42 Å². The summed E-state index contributed by atoms with van der Waals surface area (Å²) in [5.41, 5.74) is 13.6. The number of furan rings is 1. The first-order valence-corrected chi connectivity index (χ1v) is 20.6. The summed E-state index contributed by atoms with van der Waals surface area (Å²) in [6.45, 7) is 9.23. The quantitative estimate of drug-likeness (QED) is 0.164. The van der Waals surface area contributed by atoms with E-state index in [1.807, 2.05) is 6.07 Å². The van der Waals surface area contributed by atoms with Crippen molar-refractivity contribution in [2.75, 3.05) is 4.90 Å². The average molecular weight is 726 g/mol. The van der Waals surface area contributed by atoms with Gasteiger partial charge in [-0.25, -0.2) is 0 Å². The molecule has 4 atom stereocenters. The maximum absolute atomic E-state index is 6.56. The van der Waals surface area contributed by atoms with Gasteiger partial charge in [0, 0.05) is 44.2 Å². The Balaban J connectivity index is 1.14. The Kier molecular flexibility index (Phi) is 7.52. The summed E-state index contributed by atoms with van der Waals surface area (Å²) in [4.78, 5) is 2.50. The van der Waals surface area contributed by atoms with Crippen molar-refractivity contribution in [2.45, 2.75) is 56.8 Å². The van der Waals surface area contributed by atoms with Crippen LogP contribution in [0, 0.1) is 17.8 Å². The molecule has 0 aliphatic heterocycles. The average Bonchev–Trinajstić information content (AvgIpc) is 3.62. The molecule has 274 valence electrons. The molecule has 2 fully saturated rings. The van der Waals surface area contributed by atoms with E-state index in [-0.39, 0.29) is 10.8 Å². The van der Waals surface area contributed by atoms with Crippen LogP contribution in [0.3, 0.4) is 0 Å². The van der Waals surface area contributed by atoms with E-state index in [2.05, 4.69) is 177 Å². The minimum absolute atomic E-state index is 0.0247. The van der Waals surface area contributed by atoms with Gasteiger partial charge in [0.05, 0.1) is 0 Å². The highest BCUT2D eigenvalue weighted by Crippen LogP contribution is 2.65. The number of hydrogen-bond acceptors (Lipinski definition) is 2. The third kappa shape index (κ3) is 4.81. The Bertz CT molecular complexity index is 2820. The molecule has 8 aromatic rings. The summed E-state index contributed by atoms with van der Waals surface area (Å²) in [5.74, 6) is 1.73. The van der Waals surface area contributed by atoms with Crippen LogP contribution in [0.2, 0.25) is 0 Å². The summed E-state index contributed by atoms with van der Waals surface area (Å²) < 4.78 is 6.56. The van der Waals surface area contributed by atoms with Crippen LogP contribution in [0.25, 0.3) is 43.8 Å². The monoisotopic (exact) mass is 725 g/mol. The van der Waals surface area contributed by atoms with Crippen LogP contribution in [0.15, 0.2) is 169 Å². The van der Waals surface area contributed by atoms with Gasteiger partial charge in [-0.3, -0.25) is 0 Å². The van der Waals surface area contributed by atoms with Gasteiger partial charge < -0.3 is 9.32 Å². The van der Waals surface area contributed by atoms with Crippen LogP contribution < -0.4 is 4.90 Å². The smallest absolute Gasteiger partial charge is 0.143 e. The van der Waals surface area contributed by atoms with E-state index in [0.29, 0.717) is 17.8 Å². The van der Waals surface area contributed by atoms with Crippen molar-refractivity contribution in [3.8, 4) is 11.1 Å². The number of nitrogens with zero attached hydrogens (tertiary/aromatic N) is 1. The molecule has 7 aromatic carbocycles. The Morgan fingerprint density at radius 3 is 2.09 bits per heavy atom. The zero-order valence-electron chi connectivity index (χ0n) is 32.3. The first kappa shape index (κ1) is 33.5. The van der Waals surface area contributed by atoms with Gasteiger partial charge in [-0.05, 0) is 124 Å². The lowest BCUT2D eigenvalue weighted by molar-refractivity contribution is 0.0569. The molecule has 56 heavy (non-hydrogen) atoms. The summed E-state index contributed by atoms with van der Waals surface area (Å²) >= 11 is 0. The standard InChI is InChI=1S/C54H47NO/c1-4-35-30-39-17-12-18-40(31-35)54(39)49-24-9-8-23-47(49)53(2,3)48-29-28-43(34-50(48)54)55(42-27-26-36-14-5-6-15-37(36)32-42)41-19-11-16-38(33-41)44-21-13-22-46-45-20-7-10-25-51(45)56-52(44)46/h4-11,13-16,19-29,32-35,39-40H,1,12,17-18,30-31H2,2-3H3/t35?,39-,40+,54?. The topological polar surface area (TPSA) is 16.4 Å². The molecule has 2 bridgehead atoms. The van der Waals surface area contributed by atoms with Crippen molar-refractivity contribution in [1.82, 2.24) is 0 Å². The van der Waals surface area contributed by atoms with Crippen LogP contribution in [-0.4, -0.2) is 0 Å². The summed E-state index contributed by atoms with van der Waals surface area (Å²) in [5, 5.41) is 4.78. The van der Waals surface area contributed by atoms with Gasteiger partial charge in [0.15, 0.2) is 0 Å². The molecule has 1 aromatic heterocycles. The summed E-state index contributed by atoms with van der Waals surface area (Å²) in [7, 11) is 0. The number of rotatable bonds is 5. The molecule has 2 nitrogen and oxygen atoms in total. The minimum Gasteiger partial charge on any atom is -0.455 e. The second-order valence-electron chi connectivity index (χ2n) is 17.3. The van der Waals surface area contributed by atoms with Crippen LogP contribution in [-0.2, 0) is 10.8 Å². The lowest BCUT2D eigenvalue weighted by atomic mass is 9.43. The molecular formula is C54H47NO. The fourth-order valence-electron chi connectivity index (χ4n) is 11.7. The van der Waals surface area contributed by atoms with Gasteiger partial charge in [0.1, 0.15) is 11.2 Å². The van der Waals surface area contributed by atoms with E-state index >= 15 is 0 Å². The Labute approximate surface area is 330 Å². The Hall–Kier alpha value is -5.86. The second kappa shape index (κ2) is 12.6. The number of anilines is 3. The summed E-state index contributed by atoms with van der Waals surface area (Å²) in [6, 6.07) is 56.6. The second-order valence-corrected chi connectivity index (χ2v) is 17.3. The van der Waals surface area contributed by atoms with Crippen molar-refractivity contribution in [3.63, 3.8) is 0 Å². The fraction of sp³-hybridized carbons (Fsp3) is 0.222. The third-order valence-corrected chi connectivity index (χ3v) is 14.1. The molecule has 2 saturated carbocycles. The van der Waals surface area contributed by atoms with Crippen LogP contribution >= 0.6 is 0 Å². The van der Waals surface area contributed by atoms with Crippen molar-refractivity contribution < 1.29 is 4.42 Å². The molecule has 3 aliphatic rings. The highest BCUT2D eigenvalue weighted by molar-refractivity contribution is 6.09. The molecule has 0 radical (unpaired) electrons. The number of allylic oxidation sites excluding steroid dienone is 1. The van der Waals surface area contributed by atoms with E-state index in [1.54, 1.807) is 11.1 Å². The van der Waals surface area contributed by atoms with Crippen molar-refractivity contribution in [2.24, 2.45) is 17.8 Å². The highest BCUT2D eigenvalue weighted by atomic mass is 16.3. The van der Waals surface area contributed by atoms with E-state index < -0.39 is 0 Å². The molecule has 1 heterocycles. The van der Waals surface area contributed by atoms with Gasteiger partial charge in [-0.1, -0.05) is 136 Å². The van der Waals surface area contributed by atoms with Gasteiger partial charge >= 0.3 is 0 Å². The third-order valence-electron chi connectivity index (χ3n) is 14.1. The Morgan fingerprint density at radius 2 is 1.25 bits per heavy atom. The van der Waals surface area contributed by atoms with E-state index in [9.17, 15) is 0 Å². The van der Waals surface area contributed by atoms with Crippen molar-refractivity contribution in [1.29, 1.82) is 0 Å². The summed E-state index contributed by atoms with van der Waals surface area (Å²) in [6.07, 6.45) is 8.53. The van der Waals surface area contributed by atoms with Gasteiger partial charge in [-0.15, -0.1) is 6.58 Å². The molecule has 2 unspecified atom stereocenters. The first-order valence-electron chi connectivity index (χ1n) is 20.6. The highest BCUT2D eigenvalue weighted by Gasteiger charge is 2.58. The lowest BCUT2D eigenvalue weighted by Gasteiger charge is -2.60. The van der Waals surface area contributed by atoms with Crippen LogP contribution in [0.5, 0.6) is 0 Å². The lowest BCUT2D eigenvalue weighted by Crippen LogP contribution is -2.54. The molecule has 0 saturated heterocycles. The molecule has 11 rings (SSSR count). The SMILES string of the molecule is C=CC1C[C@H]2CCC[C@@H](C1)C21c2ccccc2C(C)(C)c2ccc(N(c3cccc(-c4cccc5c4oc4ccccc45)c3)c3ccc4ccccc4c3)cc21. The molecule has 0 amide bonds. The normalized spacial score (nSPS) is 22.2. The molecule has 2 heteroatoms.